The number of amidine groups is 1. The zero-order valence-corrected chi connectivity index (χ0v) is 36.3. The SMILES string of the molecule is CC1(c2ccccc2)C=CC(C2=NC(c3ccccc3-c3ccc(-c4ccc5c(c4)C4(C6=CC=CCC6Oc6ccccc64)c4ccccc4-5)cc3)C3Sc4ccccc4C3=N2)=CC1. The van der Waals surface area contributed by atoms with E-state index < -0.39 is 5.41 Å². The van der Waals surface area contributed by atoms with Crippen molar-refractivity contribution >= 4 is 23.3 Å². The monoisotopic (exact) mass is 840 g/mol. The Kier molecular flexibility index (Phi) is 8.51. The van der Waals surface area contributed by atoms with Gasteiger partial charge in [0.25, 0.3) is 0 Å². The number of fused-ring (bicyclic) bond motifs is 12. The van der Waals surface area contributed by atoms with E-state index in [9.17, 15) is 0 Å². The minimum atomic E-state index is -0.435. The molecule has 0 N–H and O–H groups in total. The van der Waals surface area contributed by atoms with Crippen LogP contribution in [0.3, 0.4) is 0 Å². The molecule has 0 radical (unpaired) electrons. The minimum Gasteiger partial charge on any atom is -0.485 e. The molecule has 3 heterocycles. The molecule has 4 heteroatoms. The maximum Gasteiger partial charge on any atom is 0.155 e. The Hall–Kier alpha value is -7.01. The molecular formula is C60H44N2OS. The predicted octanol–water partition coefficient (Wildman–Crippen LogP) is 14.2. The van der Waals surface area contributed by atoms with Gasteiger partial charge in [0, 0.05) is 33.4 Å². The lowest BCUT2D eigenvalue weighted by atomic mass is 9.63. The Bertz CT molecular complexity index is 3260. The van der Waals surface area contributed by atoms with Gasteiger partial charge >= 0.3 is 0 Å². The highest BCUT2D eigenvalue weighted by Crippen LogP contribution is 2.62. The summed E-state index contributed by atoms with van der Waals surface area (Å²) in [6, 6.07) is 62.3. The fourth-order valence-electron chi connectivity index (χ4n) is 11.3. The topological polar surface area (TPSA) is 34.0 Å². The number of thioether (sulfide) groups is 1. The highest BCUT2D eigenvalue weighted by molar-refractivity contribution is 8.01. The summed E-state index contributed by atoms with van der Waals surface area (Å²) in [6.45, 7) is 2.32. The van der Waals surface area contributed by atoms with Crippen LogP contribution in [0.2, 0.25) is 0 Å². The molecule has 0 saturated heterocycles. The Morgan fingerprint density at radius 1 is 0.641 bits per heavy atom. The third-order valence-electron chi connectivity index (χ3n) is 14.5. The van der Waals surface area contributed by atoms with Gasteiger partial charge in [0.2, 0.25) is 0 Å². The summed E-state index contributed by atoms with van der Waals surface area (Å²) in [5.74, 6) is 1.79. The summed E-state index contributed by atoms with van der Waals surface area (Å²) in [4.78, 5) is 12.2. The predicted molar refractivity (Wildman–Crippen MR) is 264 cm³/mol. The van der Waals surface area contributed by atoms with Crippen LogP contribution in [0.25, 0.3) is 33.4 Å². The number of rotatable bonds is 5. The Morgan fingerprint density at radius 3 is 2.19 bits per heavy atom. The summed E-state index contributed by atoms with van der Waals surface area (Å²) in [5, 5.41) is 0.0804. The highest BCUT2D eigenvalue weighted by atomic mass is 32.2. The molecule has 3 nitrogen and oxygen atoms in total. The van der Waals surface area contributed by atoms with Crippen LogP contribution in [0.4, 0.5) is 0 Å². The van der Waals surface area contributed by atoms with Gasteiger partial charge in [-0.05, 0) is 85.8 Å². The van der Waals surface area contributed by atoms with E-state index in [0.717, 1.165) is 35.7 Å². The molecule has 5 unspecified atom stereocenters. The zero-order chi connectivity index (χ0) is 42.4. The number of nitrogens with zero attached hydrogens (tertiary/aromatic N) is 2. The normalized spacial score (nSPS) is 24.2. The average Bonchev–Trinajstić information content (AvgIpc) is 3.88. The summed E-state index contributed by atoms with van der Waals surface area (Å²) >= 11 is 1.90. The van der Waals surface area contributed by atoms with Gasteiger partial charge in [-0.15, -0.1) is 11.8 Å². The number of hydrogen-bond acceptors (Lipinski definition) is 4. The van der Waals surface area contributed by atoms with Crippen LogP contribution < -0.4 is 4.74 Å². The molecule has 7 aromatic rings. The first kappa shape index (κ1) is 37.5. The molecule has 0 aromatic heterocycles. The van der Waals surface area contributed by atoms with Gasteiger partial charge in [0.15, 0.2) is 5.84 Å². The van der Waals surface area contributed by atoms with E-state index in [1.165, 1.54) is 77.2 Å². The van der Waals surface area contributed by atoms with E-state index >= 15 is 0 Å². The molecule has 3 aliphatic heterocycles. The lowest BCUT2D eigenvalue weighted by Gasteiger charge is -2.45. The molecule has 306 valence electrons. The number of allylic oxidation sites excluding steroid dienone is 4. The van der Waals surface area contributed by atoms with Crippen molar-refractivity contribution < 1.29 is 4.74 Å². The molecule has 0 saturated carbocycles. The Labute approximate surface area is 379 Å². The number of para-hydroxylation sites is 1. The summed E-state index contributed by atoms with van der Waals surface area (Å²) in [7, 11) is 0. The molecular weight excluding hydrogens is 797 g/mol. The van der Waals surface area contributed by atoms with Gasteiger partial charge in [-0.2, -0.15) is 0 Å². The minimum absolute atomic E-state index is 0.0167. The second-order valence-corrected chi connectivity index (χ2v) is 19.2. The smallest absolute Gasteiger partial charge is 0.155 e. The van der Waals surface area contributed by atoms with Gasteiger partial charge in [-0.1, -0.05) is 195 Å². The van der Waals surface area contributed by atoms with Gasteiger partial charge < -0.3 is 4.74 Å². The largest absolute Gasteiger partial charge is 0.485 e. The molecule has 0 bridgehead atoms. The van der Waals surface area contributed by atoms with Crippen molar-refractivity contribution in [2.75, 3.05) is 0 Å². The second-order valence-electron chi connectivity index (χ2n) is 18.0. The molecule has 64 heavy (non-hydrogen) atoms. The molecule has 5 atom stereocenters. The molecule has 0 fully saturated rings. The fraction of sp³-hybridized carbons (Fsp3) is 0.133. The number of ether oxygens (including phenoxy) is 1. The van der Waals surface area contributed by atoms with Gasteiger partial charge in [0.05, 0.1) is 22.4 Å². The van der Waals surface area contributed by atoms with Crippen LogP contribution in [0.15, 0.2) is 232 Å². The number of hydrogen-bond donors (Lipinski definition) is 0. The molecule has 3 aliphatic carbocycles. The first-order valence-electron chi connectivity index (χ1n) is 22.5. The third-order valence-corrected chi connectivity index (χ3v) is 15.8. The van der Waals surface area contributed by atoms with E-state index in [-0.39, 0.29) is 22.8 Å². The zero-order valence-electron chi connectivity index (χ0n) is 35.5. The molecule has 6 aliphatic rings. The highest BCUT2D eigenvalue weighted by Gasteiger charge is 2.53. The molecule has 1 spiro atoms. The molecule has 0 amide bonds. The van der Waals surface area contributed by atoms with Crippen LogP contribution in [0, 0.1) is 0 Å². The maximum absolute atomic E-state index is 6.73. The second kappa shape index (κ2) is 14.5. The first-order chi connectivity index (χ1) is 31.6. The van der Waals surface area contributed by atoms with Crippen LogP contribution in [-0.2, 0) is 10.8 Å². The van der Waals surface area contributed by atoms with E-state index in [1.54, 1.807) is 0 Å². The quantitative estimate of drug-likeness (QED) is 0.173. The van der Waals surface area contributed by atoms with Crippen molar-refractivity contribution in [3.8, 4) is 39.1 Å². The van der Waals surface area contributed by atoms with Gasteiger partial charge in [-0.25, -0.2) is 4.99 Å². The Balaban J connectivity index is 0.882. The lowest BCUT2D eigenvalue weighted by Crippen LogP contribution is -2.42. The van der Waals surface area contributed by atoms with Gasteiger partial charge in [0.1, 0.15) is 11.9 Å². The number of benzene rings is 7. The van der Waals surface area contributed by atoms with Crippen LogP contribution in [0.5, 0.6) is 5.75 Å². The van der Waals surface area contributed by atoms with Crippen molar-refractivity contribution in [2.24, 2.45) is 9.98 Å². The van der Waals surface area contributed by atoms with Crippen LogP contribution >= 0.6 is 11.8 Å². The van der Waals surface area contributed by atoms with Crippen molar-refractivity contribution in [1.82, 2.24) is 0 Å². The lowest BCUT2D eigenvalue weighted by molar-refractivity contribution is 0.205. The van der Waals surface area contributed by atoms with E-state index in [2.05, 4.69) is 213 Å². The summed E-state index contributed by atoms with van der Waals surface area (Å²) < 4.78 is 6.73. The summed E-state index contributed by atoms with van der Waals surface area (Å²) in [6.07, 6.45) is 15.4. The standard InChI is InChI=1S/C60H44N2OS/c1-59(42-15-3-2-4-16-42)35-33-40(34-36-59)58-61-55(57-56(62-58)47-20-8-14-26-54(47)64-57)46-19-6-5-17-43(46)39-29-27-38(28-30-39)41-31-32-45-44-18-7-9-21-48(44)60(51(45)37-41)49-22-10-12-24-52(49)63-53-25-13-11-23-50(53)60/h2-24,26-35,37,53,55,57H,25,36H2,1H3. The Morgan fingerprint density at radius 2 is 1.34 bits per heavy atom. The van der Waals surface area contributed by atoms with E-state index in [0.29, 0.717) is 0 Å². The third kappa shape index (κ3) is 5.61. The molecule has 13 rings (SSSR count). The van der Waals surface area contributed by atoms with Gasteiger partial charge in [-0.3, -0.25) is 4.99 Å². The van der Waals surface area contributed by atoms with Crippen molar-refractivity contribution in [3.63, 3.8) is 0 Å². The van der Waals surface area contributed by atoms with Crippen molar-refractivity contribution in [3.05, 3.63) is 251 Å². The first-order valence-corrected chi connectivity index (χ1v) is 23.4. The van der Waals surface area contributed by atoms with Crippen molar-refractivity contribution in [2.45, 2.75) is 52.9 Å². The average molecular weight is 841 g/mol. The van der Waals surface area contributed by atoms with Crippen LogP contribution in [0.1, 0.15) is 59.2 Å². The van der Waals surface area contributed by atoms with Crippen LogP contribution in [-0.4, -0.2) is 22.9 Å². The summed E-state index contributed by atoms with van der Waals surface area (Å²) in [5.41, 5.74) is 18.1. The maximum atomic E-state index is 6.73. The number of aliphatic imine (C=N–C) groups is 2. The molecule has 7 aromatic carbocycles. The van der Waals surface area contributed by atoms with E-state index in [4.69, 9.17) is 14.7 Å². The fourth-order valence-corrected chi connectivity index (χ4v) is 12.7. The van der Waals surface area contributed by atoms with E-state index in [1.807, 2.05) is 11.8 Å². The van der Waals surface area contributed by atoms with Crippen molar-refractivity contribution in [1.29, 1.82) is 0 Å².